The van der Waals surface area contributed by atoms with Crippen LogP contribution >= 0.6 is 22.9 Å². The summed E-state index contributed by atoms with van der Waals surface area (Å²) in [6, 6.07) is 0.888. The summed E-state index contributed by atoms with van der Waals surface area (Å²) in [5, 5.41) is 0. The van der Waals surface area contributed by atoms with Crippen LogP contribution in [0.15, 0.2) is 0 Å². The van der Waals surface area contributed by atoms with Gasteiger partial charge >= 0.3 is 0 Å². The maximum absolute atomic E-state index is 2.77. The molecule has 2 fully saturated rings. The molecular weight excluding hydrogens is 311 g/mol. The molecule has 0 bridgehead atoms. The zero-order valence-corrected chi connectivity index (χ0v) is 12.8. The van der Waals surface area contributed by atoms with Crippen LogP contribution in [0.5, 0.6) is 0 Å². The lowest BCUT2D eigenvalue weighted by molar-refractivity contribution is 0.0893. The highest BCUT2D eigenvalue weighted by molar-refractivity contribution is 14.1. The van der Waals surface area contributed by atoms with Gasteiger partial charge in [-0.2, -0.15) is 0 Å². The Bertz CT molecular complexity index is 204. The minimum Gasteiger partial charge on any atom is -0.300 e. The lowest BCUT2D eigenvalue weighted by Gasteiger charge is -2.41. The van der Waals surface area contributed by atoms with E-state index in [1.807, 2.05) is 0 Å². The van der Waals surface area contributed by atoms with E-state index < -0.39 is 0 Å². The number of hydrogen-bond acceptors (Lipinski definition) is 2. The first-order valence-corrected chi connectivity index (χ1v) is 7.78. The quantitative estimate of drug-likeness (QED) is 0.565. The topological polar surface area (TPSA) is 6.48 Å². The van der Waals surface area contributed by atoms with E-state index in [4.69, 9.17) is 0 Å². The number of halogens is 1. The third-order valence-corrected chi connectivity index (χ3v) is 5.41. The highest BCUT2D eigenvalue weighted by Crippen LogP contribution is 2.28. The number of hydrogen-bond donors (Lipinski definition) is 0. The summed E-state index contributed by atoms with van der Waals surface area (Å²) in [6.07, 6.45) is 5.63. The van der Waals surface area contributed by atoms with Crippen LogP contribution in [0.2, 0.25) is 0 Å². The lowest BCUT2D eigenvalue weighted by Crippen LogP contribution is -2.46. The summed E-state index contributed by atoms with van der Waals surface area (Å²) in [5.41, 5.74) is 0. The number of piperidine rings is 2. The van der Waals surface area contributed by atoms with Crippen molar-refractivity contribution in [1.29, 1.82) is 0 Å². The second-order valence-corrected chi connectivity index (χ2v) is 7.12. The molecule has 0 amide bonds. The molecule has 2 heterocycles. The first-order valence-electron chi connectivity index (χ1n) is 6.81. The van der Waals surface area contributed by atoms with Crippen LogP contribution in [0.25, 0.3) is 0 Å². The Labute approximate surface area is 114 Å². The average Bonchev–Trinajstić information content (AvgIpc) is 2.30. The fourth-order valence-corrected chi connectivity index (χ4v) is 3.71. The van der Waals surface area contributed by atoms with Gasteiger partial charge in [0.2, 0.25) is 0 Å². The van der Waals surface area contributed by atoms with Crippen LogP contribution in [-0.4, -0.2) is 40.2 Å². The second kappa shape index (κ2) is 6.01. The lowest BCUT2D eigenvalue weighted by atomic mass is 9.85. The molecule has 0 spiro atoms. The molecule has 0 radical (unpaired) electrons. The van der Waals surface area contributed by atoms with E-state index in [9.17, 15) is 0 Å². The molecule has 0 saturated carbocycles. The van der Waals surface area contributed by atoms with E-state index in [-0.39, 0.29) is 0 Å². The molecule has 2 aliphatic rings. The standard InChI is InChI=1S/C13H25IN2/c1-11(2)12-3-7-15(8-4-12)13-5-9-16(14)10-6-13/h11-13H,3-10H2,1-2H3. The Morgan fingerprint density at radius 2 is 1.50 bits per heavy atom. The summed E-state index contributed by atoms with van der Waals surface area (Å²) in [7, 11) is 0. The third-order valence-electron chi connectivity index (χ3n) is 4.44. The maximum Gasteiger partial charge on any atom is 0.0201 e. The van der Waals surface area contributed by atoms with Gasteiger partial charge < -0.3 is 4.90 Å². The predicted molar refractivity (Wildman–Crippen MR) is 77.8 cm³/mol. The summed E-state index contributed by atoms with van der Waals surface area (Å²) < 4.78 is 2.44. The average molecular weight is 336 g/mol. The van der Waals surface area contributed by atoms with Gasteiger partial charge in [0, 0.05) is 42.0 Å². The molecule has 2 rings (SSSR count). The van der Waals surface area contributed by atoms with Crippen LogP contribution in [0.1, 0.15) is 39.5 Å². The molecule has 0 atom stereocenters. The van der Waals surface area contributed by atoms with Gasteiger partial charge in [-0.1, -0.05) is 13.8 Å². The van der Waals surface area contributed by atoms with Gasteiger partial charge in [0.1, 0.15) is 0 Å². The van der Waals surface area contributed by atoms with Crippen molar-refractivity contribution in [3.63, 3.8) is 0 Å². The summed E-state index contributed by atoms with van der Waals surface area (Å²) in [6.45, 7) is 10.1. The zero-order valence-electron chi connectivity index (χ0n) is 10.7. The first kappa shape index (κ1) is 13.1. The van der Waals surface area contributed by atoms with Crippen LogP contribution in [0, 0.1) is 11.8 Å². The molecule has 3 heteroatoms. The van der Waals surface area contributed by atoms with Crippen molar-refractivity contribution in [2.24, 2.45) is 11.8 Å². The number of rotatable bonds is 2. The second-order valence-electron chi connectivity index (χ2n) is 5.76. The van der Waals surface area contributed by atoms with Gasteiger partial charge in [0.05, 0.1) is 0 Å². The SMILES string of the molecule is CC(C)C1CCN(C2CCN(I)CC2)CC1. The van der Waals surface area contributed by atoms with Crippen LogP contribution in [0.3, 0.4) is 0 Å². The molecule has 94 valence electrons. The van der Waals surface area contributed by atoms with E-state index in [1.165, 1.54) is 51.9 Å². The predicted octanol–water partition coefficient (Wildman–Crippen LogP) is 3.17. The summed E-state index contributed by atoms with van der Waals surface area (Å²) in [4.78, 5) is 2.77. The normalized spacial score (nSPS) is 27.8. The van der Waals surface area contributed by atoms with Crippen molar-refractivity contribution in [2.75, 3.05) is 26.2 Å². The molecule has 2 nitrogen and oxygen atoms in total. The van der Waals surface area contributed by atoms with Gasteiger partial charge in [-0.05, 0) is 50.6 Å². The number of likely N-dealkylation sites (tertiary alicyclic amines) is 1. The number of nitrogens with zero attached hydrogens (tertiary/aromatic N) is 2. The maximum atomic E-state index is 2.77. The van der Waals surface area contributed by atoms with Crippen molar-refractivity contribution in [2.45, 2.75) is 45.6 Å². The Kier molecular flexibility index (Phi) is 4.91. The highest BCUT2D eigenvalue weighted by atomic mass is 127. The minimum atomic E-state index is 0.887. The molecule has 0 aromatic rings. The Balaban J connectivity index is 1.76. The molecule has 0 aromatic carbocycles. The van der Waals surface area contributed by atoms with Crippen molar-refractivity contribution in [3.8, 4) is 0 Å². The van der Waals surface area contributed by atoms with Crippen LogP contribution in [0.4, 0.5) is 0 Å². The first-order chi connectivity index (χ1) is 7.66. The molecule has 0 N–H and O–H groups in total. The van der Waals surface area contributed by atoms with E-state index in [2.05, 4.69) is 44.7 Å². The van der Waals surface area contributed by atoms with Gasteiger partial charge in [-0.15, -0.1) is 0 Å². The van der Waals surface area contributed by atoms with E-state index in [0.717, 1.165) is 17.9 Å². The van der Waals surface area contributed by atoms with Gasteiger partial charge in [-0.25, -0.2) is 3.11 Å². The monoisotopic (exact) mass is 336 g/mol. The fourth-order valence-electron chi connectivity index (χ4n) is 3.15. The highest BCUT2D eigenvalue weighted by Gasteiger charge is 2.28. The Morgan fingerprint density at radius 3 is 2.00 bits per heavy atom. The van der Waals surface area contributed by atoms with Crippen molar-refractivity contribution >= 4 is 22.9 Å². The third kappa shape index (κ3) is 3.33. The summed E-state index contributed by atoms with van der Waals surface area (Å²) in [5.74, 6) is 1.87. The van der Waals surface area contributed by atoms with Crippen molar-refractivity contribution in [1.82, 2.24) is 8.01 Å². The molecule has 2 aliphatic heterocycles. The van der Waals surface area contributed by atoms with Gasteiger partial charge in [0.15, 0.2) is 0 Å². The van der Waals surface area contributed by atoms with E-state index in [1.54, 1.807) is 0 Å². The molecule has 16 heavy (non-hydrogen) atoms. The largest absolute Gasteiger partial charge is 0.300 e. The minimum absolute atomic E-state index is 0.887. The molecule has 2 saturated heterocycles. The van der Waals surface area contributed by atoms with E-state index >= 15 is 0 Å². The molecule has 0 unspecified atom stereocenters. The summed E-state index contributed by atoms with van der Waals surface area (Å²) >= 11 is 2.46. The van der Waals surface area contributed by atoms with Crippen molar-refractivity contribution < 1.29 is 0 Å². The molecule has 0 aromatic heterocycles. The Morgan fingerprint density at radius 1 is 0.938 bits per heavy atom. The van der Waals surface area contributed by atoms with Gasteiger partial charge in [-0.3, -0.25) is 0 Å². The van der Waals surface area contributed by atoms with Crippen LogP contribution < -0.4 is 0 Å². The Hall–Kier alpha value is 0.650. The van der Waals surface area contributed by atoms with Gasteiger partial charge in [0.25, 0.3) is 0 Å². The van der Waals surface area contributed by atoms with Crippen molar-refractivity contribution in [3.05, 3.63) is 0 Å². The fraction of sp³-hybridized carbons (Fsp3) is 1.00. The van der Waals surface area contributed by atoms with E-state index in [0.29, 0.717) is 0 Å². The van der Waals surface area contributed by atoms with Crippen LogP contribution in [-0.2, 0) is 0 Å². The molecular formula is C13H25IN2. The molecule has 0 aliphatic carbocycles. The zero-order chi connectivity index (χ0) is 11.5. The smallest absolute Gasteiger partial charge is 0.0201 e.